The molecule has 0 aliphatic rings. The summed E-state index contributed by atoms with van der Waals surface area (Å²) >= 11 is 0. The topological polar surface area (TPSA) is 84.5 Å². The van der Waals surface area contributed by atoms with Gasteiger partial charge in [0.15, 0.2) is 0 Å². The van der Waals surface area contributed by atoms with E-state index < -0.39 is 21.7 Å². The number of hydrogen-bond donors (Lipinski definition) is 2. The minimum Gasteiger partial charge on any atom is -0.444 e. The number of sulfonamides is 1. The van der Waals surface area contributed by atoms with Crippen molar-refractivity contribution in [3.8, 4) is 11.1 Å². The fraction of sp³-hybridized carbons (Fsp3) is 0.316. The summed E-state index contributed by atoms with van der Waals surface area (Å²) in [5.74, 6) is 0. The predicted molar refractivity (Wildman–Crippen MR) is 101 cm³/mol. The number of rotatable bonds is 6. The van der Waals surface area contributed by atoms with Crippen LogP contribution in [0.5, 0.6) is 0 Å². The van der Waals surface area contributed by atoms with Gasteiger partial charge in [-0.25, -0.2) is 17.9 Å². The molecule has 26 heavy (non-hydrogen) atoms. The summed E-state index contributed by atoms with van der Waals surface area (Å²) < 4.78 is 32.1. The monoisotopic (exact) mass is 376 g/mol. The van der Waals surface area contributed by atoms with Crippen molar-refractivity contribution in [3.63, 3.8) is 0 Å². The summed E-state index contributed by atoms with van der Waals surface area (Å²) in [4.78, 5) is 11.7. The van der Waals surface area contributed by atoms with Gasteiger partial charge in [0, 0.05) is 13.1 Å². The van der Waals surface area contributed by atoms with Gasteiger partial charge in [-0.05, 0) is 44.0 Å². The molecule has 0 bridgehead atoms. The molecule has 2 rings (SSSR count). The fourth-order valence-electron chi connectivity index (χ4n) is 2.20. The SMILES string of the molecule is CC(C)(C)OC(=O)NCCNS(=O)(=O)c1ccc(-c2ccccc2)cc1. The van der Waals surface area contributed by atoms with Crippen LogP contribution >= 0.6 is 0 Å². The van der Waals surface area contributed by atoms with Crippen molar-refractivity contribution in [1.82, 2.24) is 10.0 Å². The number of amides is 1. The van der Waals surface area contributed by atoms with Crippen molar-refractivity contribution in [2.45, 2.75) is 31.3 Å². The van der Waals surface area contributed by atoms with Crippen molar-refractivity contribution in [2.24, 2.45) is 0 Å². The second kappa shape index (κ2) is 8.33. The van der Waals surface area contributed by atoms with Gasteiger partial charge in [0.1, 0.15) is 5.60 Å². The van der Waals surface area contributed by atoms with E-state index in [4.69, 9.17) is 4.74 Å². The molecule has 0 radical (unpaired) electrons. The zero-order valence-electron chi connectivity index (χ0n) is 15.2. The van der Waals surface area contributed by atoms with E-state index in [-0.39, 0.29) is 18.0 Å². The van der Waals surface area contributed by atoms with Crippen molar-refractivity contribution < 1.29 is 17.9 Å². The molecule has 140 valence electrons. The minimum absolute atomic E-state index is 0.0714. The van der Waals surface area contributed by atoms with Gasteiger partial charge in [-0.15, -0.1) is 0 Å². The van der Waals surface area contributed by atoms with Gasteiger partial charge in [0.25, 0.3) is 0 Å². The van der Waals surface area contributed by atoms with Crippen LogP contribution in [0.2, 0.25) is 0 Å². The highest BCUT2D eigenvalue weighted by Gasteiger charge is 2.16. The summed E-state index contributed by atoms with van der Waals surface area (Å²) in [5, 5.41) is 2.51. The molecular formula is C19H24N2O4S. The molecular weight excluding hydrogens is 352 g/mol. The number of benzene rings is 2. The van der Waals surface area contributed by atoms with Gasteiger partial charge < -0.3 is 10.1 Å². The number of ether oxygens (including phenoxy) is 1. The summed E-state index contributed by atoms with van der Waals surface area (Å²) in [7, 11) is -3.63. The zero-order chi connectivity index (χ0) is 19.2. The summed E-state index contributed by atoms with van der Waals surface area (Å²) in [6.07, 6.45) is -0.580. The van der Waals surface area contributed by atoms with Gasteiger partial charge in [0.05, 0.1) is 4.90 Å². The maximum atomic E-state index is 12.3. The second-order valence-corrected chi connectivity index (χ2v) is 8.48. The van der Waals surface area contributed by atoms with Crippen LogP contribution in [0.15, 0.2) is 59.5 Å². The normalized spacial score (nSPS) is 11.8. The Morgan fingerprint density at radius 2 is 1.50 bits per heavy atom. The number of carbonyl (C=O) groups is 1. The third-order valence-corrected chi connectivity index (χ3v) is 4.83. The third kappa shape index (κ3) is 6.16. The Bertz CT molecular complexity index is 826. The highest BCUT2D eigenvalue weighted by molar-refractivity contribution is 7.89. The van der Waals surface area contributed by atoms with E-state index in [1.165, 1.54) is 0 Å². The molecule has 2 aromatic rings. The van der Waals surface area contributed by atoms with Gasteiger partial charge in [-0.3, -0.25) is 0 Å². The van der Waals surface area contributed by atoms with Crippen LogP contribution in [0.25, 0.3) is 11.1 Å². The Balaban J connectivity index is 1.89. The van der Waals surface area contributed by atoms with E-state index >= 15 is 0 Å². The first-order chi connectivity index (χ1) is 12.2. The smallest absolute Gasteiger partial charge is 0.407 e. The van der Waals surface area contributed by atoms with E-state index in [0.29, 0.717) is 0 Å². The molecule has 0 atom stereocenters. The van der Waals surface area contributed by atoms with E-state index in [1.807, 2.05) is 30.3 Å². The molecule has 7 heteroatoms. The molecule has 0 saturated heterocycles. The first kappa shape index (κ1) is 19.9. The predicted octanol–water partition coefficient (Wildman–Crippen LogP) is 3.16. The number of alkyl carbamates (subject to hydrolysis) is 1. The largest absolute Gasteiger partial charge is 0.444 e. The highest BCUT2D eigenvalue weighted by atomic mass is 32.2. The van der Waals surface area contributed by atoms with Crippen LogP contribution < -0.4 is 10.0 Å². The number of carbonyl (C=O) groups excluding carboxylic acids is 1. The summed E-state index contributed by atoms with van der Waals surface area (Å²) in [6.45, 7) is 5.48. The summed E-state index contributed by atoms with van der Waals surface area (Å²) in [6, 6.07) is 16.4. The molecule has 2 aromatic carbocycles. The average Bonchev–Trinajstić information content (AvgIpc) is 2.58. The zero-order valence-corrected chi connectivity index (χ0v) is 16.0. The lowest BCUT2D eigenvalue weighted by Gasteiger charge is -2.19. The van der Waals surface area contributed by atoms with Gasteiger partial charge in [0.2, 0.25) is 10.0 Å². The molecule has 0 unspecified atom stereocenters. The van der Waals surface area contributed by atoms with Crippen LogP contribution in [0, 0.1) is 0 Å². The summed E-state index contributed by atoms with van der Waals surface area (Å²) in [5.41, 5.74) is 1.37. The van der Waals surface area contributed by atoms with Crippen molar-refractivity contribution in [2.75, 3.05) is 13.1 Å². The van der Waals surface area contributed by atoms with E-state index in [1.54, 1.807) is 45.0 Å². The number of hydrogen-bond acceptors (Lipinski definition) is 4. The molecule has 2 N–H and O–H groups in total. The fourth-order valence-corrected chi connectivity index (χ4v) is 3.24. The molecule has 0 heterocycles. The molecule has 0 saturated carbocycles. The maximum Gasteiger partial charge on any atom is 0.407 e. The quantitative estimate of drug-likeness (QED) is 0.759. The van der Waals surface area contributed by atoms with Crippen molar-refractivity contribution in [3.05, 3.63) is 54.6 Å². The molecule has 0 aromatic heterocycles. The van der Waals surface area contributed by atoms with Crippen LogP contribution in [-0.2, 0) is 14.8 Å². The van der Waals surface area contributed by atoms with E-state index in [0.717, 1.165) is 11.1 Å². The molecule has 0 aliphatic heterocycles. The molecule has 0 aliphatic carbocycles. The van der Waals surface area contributed by atoms with Crippen molar-refractivity contribution in [1.29, 1.82) is 0 Å². The lowest BCUT2D eigenvalue weighted by Crippen LogP contribution is -2.37. The van der Waals surface area contributed by atoms with E-state index in [2.05, 4.69) is 10.0 Å². The lowest BCUT2D eigenvalue weighted by molar-refractivity contribution is 0.0529. The Morgan fingerprint density at radius 3 is 2.08 bits per heavy atom. The Labute approximate surface area is 154 Å². The Morgan fingerprint density at radius 1 is 0.923 bits per heavy atom. The Kier molecular flexibility index (Phi) is 6.39. The third-order valence-electron chi connectivity index (χ3n) is 3.36. The Hall–Kier alpha value is -2.38. The standard InChI is InChI=1S/C19H24N2O4S/c1-19(2,3)25-18(22)20-13-14-21-26(23,24)17-11-9-16(10-12-17)15-7-5-4-6-8-15/h4-12,21H,13-14H2,1-3H3,(H,20,22). The molecule has 0 fully saturated rings. The van der Waals surface area contributed by atoms with Crippen LogP contribution in [0.4, 0.5) is 4.79 Å². The maximum absolute atomic E-state index is 12.3. The number of nitrogens with one attached hydrogen (secondary N) is 2. The second-order valence-electron chi connectivity index (χ2n) is 6.72. The highest BCUT2D eigenvalue weighted by Crippen LogP contribution is 2.20. The first-order valence-electron chi connectivity index (χ1n) is 8.29. The van der Waals surface area contributed by atoms with Crippen LogP contribution in [0.1, 0.15) is 20.8 Å². The van der Waals surface area contributed by atoms with Gasteiger partial charge >= 0.3 is 6.09 Å². The van der Waals surface area contributed by atoms with E-state index in [9.17, 15) is 13.2 Å². The van der Waals surface area contributed by atoms with Gasteiger partial charge in [-0.2, -0.15) is 0 Å². The van der Waals surface area contributed by atoms with Crippen molar-refractivity contribution >= 4 is 16.1 Å². The van der Waals surface area contributed by atoms with Gasteiger partial charge in [-0.1, -0.05) is 42.5 Å². The van der Waals surface area contributed by atoms with Crippen LogP contribution in [-0.4, -0.2) is 33.2 Å². The molecule has 6 nitrogen and oxygen atoms in total. The average molecular weight is 376 g/mol. The first-order valence-corrected chi connectivity index (χ1v) is 9.78. The molecule has 1 amide bonds. The van der Waals surface area contributed by atoms with Crippen LogP contribution in [0.3, 0.4) is 0 Å². The minimum atomic E-state index is -3.63. The lowest BCUT2D eigenvalue weighted by atomic mass is 10.1. The molecule has 0 spiro atoms.